The molecule has 5 rings (SSSR count). The van der Waals surface area contributed by atoms with Crippen LogP contribution in [0, 0.1) is 0 Å². The van der Waals surface area contributed by atoms with E-state index in [1.165, 1.54) is 37.0 Å². The lowest BCUT2D eigenvalue weighted by Crippen LogP contribution is -2.17. The second kappa shape index (κ2) is 8.96. The summed E-state index contributed by atoms with van der Waals surface area (Å²) in [5.74, 6) is 1.70. The van der Waals surface area contributed by atoms with Crippen molar-refractivity contribution in [2.45, 2.75) is 61.9 Å². The van der Waals surface area contributed by atoms with E-state index in [4.69, 9.17) is 4.98 Å². The molecule has 0 aliphatic heterocycles. The number of para-hydroxylation sites is 1. The molecule has 3 heterocycles. The number of fused-ring (bicyclic) bond motifs is 1. The zero-order valence-corrected chi connectivity index (χ0v) is 19.1. The summed E-state index contributed by atoms with van der Waals surface area (Å²) in [6, 6.07) is 12.1. The number of H-pyrrole nitrogens is 1. The molecule has 31 heavy (non-hydrogen) atoms. The maximum Gasteiger partial charge on any atom is 0.258 e. The van der Waals surface area contributed by atoms with Crippen molar-refractivity contribution in [2.24, 2.45) is 0 Å². The zero-order valence-electron chi connectivity index (χ0n) is 17.5. The summed E-state index contributed by atoms with van der Waals surface area (Å²) in [7, 11) is 0. The predicted molar refractivity (Wildman–Crippen MR) is 126 cm³/mol. The van der Waals surface area contributed by atoms with Crippen LogP contribution in [0.2, 0.25) is 0 Å². The van der Waals surface area contributed by atoms with Gasteiger partial charge >= 0.3 is 0 Å². The average Bonchev–Trinajstić information content (AvgIpc) is 3.45. The van der Waals surface area contributed by atoms with Crippen LogP contribution < -0.4 is 5.56 Å². The van der Waals surface area contributed by atoms with E-state index in [1.54, 1.807) is 29.2 Å². The van der Waals surface area contributed by atoms with Crippen molar-refractivity contribution in [1.82, 2.24) is 24.7 Å². The summed E-state index contributed by atoms with van der Waals surface area (Å²) in [6.45, 7) is 2.07. The van der Waals surface area contributed by atoms with Crippen molar-refractivity contribution in [3.8, 4) is 0 Å². The Morgan fingerprint density at radius 3 is 2.81 bits per heavy atom. The molecule has 1 atom stereocenters. The highest BCUT2D eigenvalue weighted by molar-refractivity contribution is 7.99. The first-order chi connectivity index (χ1) is 15.2. The number of aromatic amines is 1. The highest BCUT2D eigenvalue weighted by atomic mass is 32.2. The van der Waals surface area contributed by atoms with Gasteiger partial charge in [0.1, 0.15) is 11.6 Å². The van der Waals surface area contributed by atoms with E-state index in [-0.39, 0.29) is 10.8 Å². The van der Waals surface area contributed by atoms with E-state index >= 15 is 0 Å². The van der Waals surface area contributed by atoms with Crippen molar-refractivity contribution < 1.29 is 0 Å². The lowest BCUT2D eigenvalue weighted by Gasteiger charge is -2.26. The summed E-state index contributed by atoms with van der Waals surface area (Å²) in [6.07, 6.45) is 6.95. The van der Waals surface area contributed by atoms with Crippen LogP contribution in [0.25, 0.3) is 10.9 Å². The molecule has 1 saturated carbocycles. The first-order valence-corrected chi connectivity index (χ1v) is 12.6. The average molecular weight is 452 g/mol. The van der Waals surface area contributed by atoms with Gasteiger partial charge in [0.05, 0.1) is 16.2 Å². The highest BCUT2D eigenvalue weighted by Crippen LogP contribution is 2.38. The van der Waals surface area contributed by atoms with Gasteiger partial charge in [-0.1, -0.05) is 49.2 Å². The first-order valence-electron chi connectivity index (χ1n) is 10.8. The summed E-state index contributed by atoms with van der Waals surface area (Å²) in [5.41, 5.74) is 0.626. The van der Waals surface area contributed by atoms with Gasteiger partial charge in [0.25, 0.3) is 5.56 Å². The van der Waals surface area contributed by atoms with Crippen molar-refractivity contribution in [3.05, 3.63) is 68.7 Å². The van der Waals surface area contributed by atoms with E-state index in [1.807, 2.05) is 18.2 Å². The molecule has 0 radical (unpaired) electrons. The quantitative estimate of drug-likeness (QED) is 0.390. The van der Waals surface area contributed by atoms with E-state index in [0.29, 0.717) is 17.3 Å². The SMILES string of the molecule is C[C@@H](Sc1nnc(Cc2cccs2)n1C1CCCCC1)c1nc2ccccc2c(=O)[nH]1. The Hall–Kier alpha value is -2.45. The Morgan fingerprint density at radius 2 is 2.00 bits per heavy atom. The summed E-state index contributed by atoms with van der Waals surface area (Å²) in [4.78, 5) is 21.5. The number of thioether (sulfide) groups is 1. The molecule has 0 bridgehead atoms. The van der Waals surface area contributed by atoms with Gasteiger partial charge in [-0.25, -0.2) is 4.98 Å². The van der Waals surface area contributed by atoms with Gasteiger partial charge in [-0.05, 0) is 43.3 Å². The number of nitrogens with zero attached hydrogens (tertiary/aromatic N) is 4. The lowest BCUT2D eigenvalue weighted by molar-refractivity contribution is 0.330. The molecule has 1 aliphatic rings. The number of hydrogen-bond donors (Lipinski definition) is 1. The molecule has 3 aromatic heterocycles. The Kier molecular flexibility index (Phi) is 5.91. The standard InChI is InChI=1S/C23H25N5OS2/c1-15(21-24-19-12-6-5-11-18(19)22(29)25-21)31-23-27-26-20(14-17-10-7-13-30-17)28(23)16-8-3-2-4-9-16/h5-7,10-13,15-16H,2-4,8-9,14H2,1H3,(H,24,25,29)/t15-/m1/s1. The van der Waals surface area contributed by atoms with Gasteiger partial charge in [0.15, 0.2) is 5.16 Å². The smallest absolute Gasteiger partial charge is 0.258 e. The number of nitrogens with one attached hydrogen (secondary N) is 1. The van der Waals surface area contributed by atoms with Gasteiger partial charge in [-0.2, -0.15) is 0 Å². The maximum atomic E-state index is 12.5. The molecule has 1 aromatic carbocycles. The minimum Gasteiger partial charge on any atom is -0.309 e. The van der Waals surface area contributed by atoms with Crippen LogP contribution in [-0.4, -0.2) is 24.7 Å². The van der Waals surface area contributed by atoms with Crippen LogP contribution in [0.5, 0.6) is 0 Å². The summed E-state index contributed by atoms with van der Waals surface area (Å²) >= 11 is 3.39. The lowest BCUT2D eigenvalue weighted by atomic mass is 9.95. The number of thiophene rings is 1. The molecule has 0 saturated heterocycles. The third-order valence-corrected chi connectivity index (χ3v) is 7.83. The van der Waals surface area contributed by atoms with Gasteiger partial charge in [-0.15, -0.1) is 21.5 Å². The minimum atomic E-state index is -0.0971. The molecule has 4 aromatic rings. The highest BCUT2D eigenvalue weighted by Gasteiger charge is 2.25. The molecule has 160 valence electrons. The van der Waals surface area contributed by atoms with Crippen LogP contribution in [-0.2, 0) is 6.42 Å². The number of rotatable bonds is 6. The third kappa shape index (κ3) is 4.32. The van der Waals surface area contributed by atoms with Crippen LogP contribution >= 0.6 is 23.1 Å². The Bertz CT molecular complexity index is 1220. The van der Waals surface area contributed by atoms with E-state index in [9.17, 15) is 4.79 Å². The monoisotopic (exact) mass is 451 g/mol. The van der Waals surface area contributed by atoms with Crippen molar-refractivity contribution in [1.29, 1.82) is 0 Å². The Morgan fingerprint density at radius 1 is 1.16 bits per heavy atom. The van der Waals surface area contributed by atoms with Crippen molar-refractivity contribution in [3.63, 3.8) is 0 Å². The largest absolute Gasteiger partial charge is 0.309 e. The topological polar surface area (TPSA) is 76.5 Å². The van der Waals surface area contributed by atoms with Gasteiger partial charge < -0.3 is 9.55 Å². The molecule has 8 heteroatoms. The van der Waals surface area contributed by atoms with Gasteiger partial charge in [0.2, 0.25) is 0 Å². The van der Waals surface area contributed by atoms with E-state index < -0.39 is 0 Å². The fourth-order valence-corrected chi connectivity index (χ4v) is 5.99. The number of benzene rings is 1. The minimum absolute atomic E-state index is 0.0431. The number of hydrogen-bond acceptors (Lipinski definition) is 6. The fraction of sp³-hybridized carbons (Fsp3) is 0.391. The molecule has 1 aliphatic carbocycles. The Balaban J connectivity index is 1.46. The van der Waals surface area contributed by atoms with Gasteiger partial charge in [-0.3, -0.25) is 4.79 Å². The zero-order chi connectivity index (χ0) is 21.2. The third-order valence-electron chi connectivity index (χ3n) is 5.89. The fourth-order valence-electron chi connectivity index (χ4n) is 4.29. The van der Waals surface area contributed by atoms with Crippen molar-refractivity contribution >= 4 is 34.0 Å². The second-order valence-corrected chi connectivity index (χ2v) is 10.4. The first kappa shape index (κ1) is 20.5. The van der Waals surface area contributed by atoms with E-state index in [2.05, 4.69) is 44.2 Å². The summed E-state index contributed by atoms with van der Waals surface area (Å²) in [5, 5.41) is 12.8. The predicted octanol–water partition coefficient (Wildman–Crippen LogP) is 5.53. The van der Waals surface area contributed by atoms with Crippen molar-refractivity contribution in [2.75, 3.05) is 0 Å². The molecule has 0 spiro atoms. The molecule has 0 amide bonds. The summed E-state index contributed by atoms with van der Waals surface area (Å²) < 4.78 is 2.36. The second-order valence-electron chi connectivity index (χ2n) is 8.05. The molecule has 0 unspecified atom stereocenters. The van der Waals surface area contributed by atoms with Crippen LogP contribution in [0.1, 0.15) is 66.8 Å². The molecular formula is C23H25N5OS2. The normalized spacial score (nSPS) is 16.0. The number of aromatic nitrogens is 5. The maximum absolute atomic E-state index is 12.5. The van der Waals surface area contributed by atoms with E-state index in [0.717, 1.165) is 22.9 Å². The molecular weight excluding hydrogens is 426 g/mol. The van der Waals surface area contributed by atoms with Crippen LogP contribution in [0.4, 0.5) is 0 Å². The Labute approximate surface area is 189 Å². The van der Waals surface area contributed by atoms with Crippen LogP contribution in [0.3, 0.4) is 0 Å². The molecule has 1 fully saturated rings. The van der Waals surface area contributed by atoms with Gasteiger partial charge in [0, 0.05) is 17.3 Å². The molecule has 1 N–H and O–H groups in total. The van der Waals surface area contributed by atoms with Crippen LogP contribution in [0.15, 0.2) is 51.7 Å². The molecule has 6 nitrogen and oxygen atoms in total.